The molecule has 1 aliphatic carbocycles. The van der Waals surface area contributed by atoms with Crippen molar-refractivity contribution in [3.05, 3.63) is 0 Å². The van der Waals surface area contributed by atoms with Crippen molar-refractivity contribution in [3.63, 3.8) is 0 Å². The molecule has 2 bridgehead atoms. The molecule has 0 aromatic carbocycles. The summed E-state index contributed by atoms with van der Waals surface area (Å²) < 4.78 is 5.38. The zero-order valence-electron chi connectivity index (χ0n) is 12.0. The largest absolute Gasteiger partial charge is 0.443 e. The standard InChI is InChI=1S/C14H23NO3/c1-12(2,3)18-11(17)15-10(16)13(4)6-8-14(15,5)9-7-13/h6-9H2,1-5H3. The normalized spacial score (nSPS) is 35.8. The van der Waals surface area contributed by atoms with Crippen LogP contribution in [0.4, 0.5) is 4.79 Å². The second kappa shape index (κ2) is 3.72. The molecule has 0 N–H and O–H groups in total. The minimum atomic E-state index is -0.564. The van der Waals surface area contributed by atoms with E-state index in [0.29, 0.717) is 0 Å². The van der Waals surface area contributed by atoms with Crippen LogP contribution in [0, 0.1) is 5.41 Å². The van der Waals surface area contributed by atoms with Gasteiger partial charge < -0.3 is 4.74 Å². The molecule has 2 heterocycles. The van der Waals surface area contributed by atoms with Crippen LogP contribution in [0.3, 0.4) is 0 Å². The first kappa shape index (κ1) is 13.4. The Morgan fingerprint density at radius 2 is 1.67 bits per heavy atom. The number of hydrogen-bond acceptors (Lipinski definition) is 3. The summed E-state index contributed by atoms with van der Waals surface area (Å²) in [6.45, 7) is 9.42. The van der Waals surface area contributed by atoms with Gasteiger partial charge in [-0.25, -0.2) is 9.69 Å². The molecule has 0 atom stereocenters. The average molecular weight is 253 g/mol. The van der Waals surface area contributed by atoms with Crippen molar-refractivity contribution in [1.82, 2.24) is 4.90 Å². The highest BCUT2D eigenvalue weighted by Crippen LogP contribution is 2.51. The third kappa shape index (κ3) is 2.02. The average Bonchev–Trinajstić information content (AvgIpc) is 2.19. The van der Waals surface area contributed by atoms with Gasteiger partial charge in [-0.2, -0.15) is 0 Å². The summed E-state index contributed by atoms with van der Waals surface area (Å²) in [5.41, 5.74) is -1.28. The van der Waals surface area contributed by atoms with E-state index in [4.69, 9.17) is 4.74 Å². The highest BCUT2D eigenvalue weighted by Gasteiger charge is 2.57. The second-order valence-electron chi connectivity index (χ2n) is 7.18. The topological polar surface area (TPSA) is 46.6 Å². The zero-order valence-corrected chi connectivity index (χ0v) is 12.0. The molecule has 0 radical (unpaired) electrons. The number of nitrogens with zero attached hydrogens (tertiary/aromatic N) is 1. The number of fused-ring (bicyclic) bond motifs is 3. The molecule has 3 rings (SSSR count). The number of carbonyl (C=O) groups is 2. The van der Waals surface area contributed by atoms with Crippen LogP contribution in [0.2, 0.25) is 0 Å². The number of imide groups is 1. The minimum absolute atomic E-state index is 0.0586. The molecule has 102 valence electrons. The van der Waals surface area contributed by atoms with Crippen LogP contribution in [-0.2, 0) is 9.53 Å². The molecule has 2 amide bonds. The first-order valence-electron chi connectivity index (χ1n) is 6.65. The minimum Gasteiger partial charge on any atom is -0.443 e. The van der Waals surface area contributed by atoms with Gasteiger partial charge >= 0.3 is 6.09 Å². The number of piperidine rings is 2. The lowest BCUT2D eigenvalue weighted by Gasteiger charge is -2.55. The summed E-state index contributed by atoms with van der Waals surface area (Å²) in [6, 6.07) is 0. The van der Waals surface area contributed by atoms with Gasteiger partial charge in [0.2, 0.25) is 5.91 Å². The first-order valence-corrected chi connectivity index (χ1v) is 6.65. The van der Waals surface area contributed by atoms with Crippen molar-refractivity contribution >= 4 is 12.0 Å². The van der Waals surface area contributed by atoms with E-state index in [1.54, 1.807) is 0 Å². The van der Waals surface area contributed by atoms with Crippen molar-refractivity contribution in [3.8, 4) is 0 Å². The van der Waals surface area contributed by atoms with E-state index in [-0.39, 0.29) is 16.9 Å². The Kier molecular flexibility index (Phi) is 2.76. The number of amides is 2. The van der Waals surface area contributed by atoms with Crippen LogP contribution >= 0.6 is 0 Å². The highest BCUT2D eigenvalue weighted by molar-refractivity contribution is 5.97. The Hall–Kier alpha value is -1.06. The molecular formula is C14H23NO3. The molecule has 4 heteroatoms. The van der Waals surface area contributed by atoms with Crippen LogP contribution in [0.25, 0.3) is 0 Å². The Morgan fingerprint density at radius 1 is 1.17 bits per heavy atom. The predicted octanol–water partition coefficient (Wildman–Crippen LogP) is 3.10. The molecule has 3 aliphatic rings. The summed E-state index contributed by atoms with van der Waals surface area (Å²) in [7, 11) is 0. The van der Waals surface area contributed by atoms with Crippen molar-refractivity contribution in [1.29, 1.82) is 0 Å². The molecule has 0 aromatic rings. The summed E-state index contributed by atoms with van der Waals surface area (Å²) in [6.07, 6.45) is 3.03. The number of rotatable bonds is 0. The lowest BCUT2D eigenvalue weighted by molar-refractivity contribution is -0.162. The van der Waals surface area contributed by atoms with Crippen molar-refractivity contribution in [2.24, 2.45) is 5.41 Å². The lowest BCUT2D eigenvalue weighted by Crippen LogP contribution is -2.65. The maximum Gasteiger partial charge on any atom is 0.417 e. The molecule has 0 aromatic heterocycles. The Morgan fingerprint density at radius 3 is 2.11 bits per heavy atom. The van der Waals surface area contributed by atoms with Crippen LogP contribution in [0.15, 0.2) is 0 Å². The second-order valence-corrected chi connectivity index (χ2v) is 7.18. The fourth-order valence-corrected chi connectivity index (χ4v) is 2.90. The van der Waals surface area contributed by atoms with Gasteiger partial charge in [-0.1, -0.05) is 6.92 Å². The van der Waals surface area contributed by atoms with Crippen molar-refractivity contribution in [2.75, 3.05) is 0 Å². The molecule has 4 nitrogen and oxygen atoms in total. The highest BCUT2D eigenvalue weighted by atomic mass is 16.6. The van der Waals surface area contributed by atoms with Crippen LogP contribution in [-0.4, -0.2) is 28.0 Å². The molecule has 18 heavy (non-hydrogen) atoms. The third-order valence-electron chi connectivity index (χ3n) is 4.27. The Balaban J connectivity index is 2.27. The smallest absolute Gasteiger partial charge is 0.417 e. The maximum absolute atomic E-state index is 12.5. The van der Waals surface area contributed by atoms with Crippen molar-refractivity contribution in [2.45, 2.75) is 71.4 Å². The molecule has 2 aliphatic heterocycles. The summed E-state index contributed by atoms with van der Waals surface area (Å²) in [5, 5.41) is 0. The molecule has 2 saturated heterocycles. The van der Waals surface area contributed by atoms with E-state index in [0.717, 1.165) is 25.7 Å². The van der Waals surface area contributed by atoms with Gasteiger partial charge in [0.1, 0.15) is 5.60 Å². The van der Waals surface area contributed by atoms with Gasteiger partial charge in [0, 0.05) is 5.41 Å². The van der Waals surface area contributed by atoms with Crippen LogP contribution < -0.4 is 0 Å². The first-order chi connectivity index (χ1) is 8.07. The fraction of sp³-hybridized carbons (Fsp3) is 0.857. The summed E-state index contributed by atoms with van der Waals surface area (Å²) >= 11 is 0. The van der Waals surface area contributed by atoms with Gasteiger partial charge in [-0.05, 0) is 53.4 Å². The van der Waals surface area contributed by atoms with E-state index in [1.165, 1.54) is 4.90 Å². The van der Waals surface area contributed by atoms with Gasteiger partial charge in [0.05, 0.1) is 5.54 Å². The molecule has 1 saturated carbocycles. The van der Waals surface area contributed by atoms with Crippen LogP contribution in [0.5, 0.6) is 0 Å². The van der Waals surface area contributed by atoms with Gasteiger partial charge in [0.25, 0.3) is 0 Å². The molecule has 0 unspecified atom stereocenters. The van der Waals surface area contributed by atoms with E-state index in [1.807, 2.05) is 34.6 Å². The van der Waals surface area contributed by atoms with E-state index < -0.39 is 11.7 Å². The Labute approximate surface area is 109 Å². The summed E-state index contributed by atoms with van der Waals surface area (Å²) in [5.74, 6) is -0.0586. The lowest BCUT2D eigenvalue weighted by atomic mass is 9.63. The number of hydrogen-bond donors (Lipinski definition) is 0. The SMILES string of the molecule is CC(C)(C)OC(=O)N1C(=O)C2(C)CCC1(C)CC2. The fourth-order valence-electron chi connectivity index (χ4n) is 2.90. The quantitative estimate of drug-likeness (QED) is 0.666. The van der Waals surface area contributed by atoms with Crippen LogP contribution in [0.1, 0.15) is 60.3 Å². The number of carbonyl (C=O) groups excluding carboxylic acids is 2. The molecule has 3 fully saturated rings. The molecule has 0 spiro atoms. The zero-order chi connectivity index (χ0) is 13.8. The summed E-state index contributed by atoms with van der Waals surface area (Å²) in [4.78, 5) is 26.1. The van der Waals surface area contributed by atoms with Gasteiger partial charge in [0.15, 0.2) is 0 Å². The molecular weight excluding hydrogens is 230 g/mol. The number of ether oxygens (including phenoxy) is 1. The maximum atomic E-state index is 12.5. The van der Waals surface area contributed by atoms with E-state index in [9.17, 15) is 9.59 Å². The van der Waals surface area contributed by atoms with E-state index >= 15 is 0 Å². The monoisotopic (exact) mass is 253 g/mol. The van der Waals surface area contributed by atoms with Gasteiger partial charge in [-0.3, -0.25) is 4.79 Å². The van der Waals surface area contributed by atoms with Gasteiger partial charge in [-0.15, -0.1) is 0 Å². The van der Waals surface area contributed by atoms with Crippen molar-refractivity contribution < 1.29 is 14.3 Å². The predicted molar refractivity (Wildman–Crippen MR) is 68.1 cm³/mol. The van der Waals surface area contributed by atoms with E-state index in [2.05, 4.69) is 0 Å². The third-order valence-corrected chi connectivity index (χ3v) is 4.27. The Bertz CT molecular complexity index is 386.